The van der Waals surface area contributed by atoms with Gasteiger partial charge in [-0.05, 0) is 23.0 Å². The largest absolute Gasteiger partial charge is 0.319 e. The number of aromatic nitrogens is 3. The molecule has 2 aromatic heterocycles. The summed E-state index contributed by atoms with van der Waals surface area (Å²) in [4.78, 5) is 4.24. The Kier molecular flexibility index (Phi) is 2.79. The summed E-state index contributed by atoms with van der Waals surface area (Å²) < 4.78 is 2.72. The second-order valence-corrected chi connectivity index (χ2v) is 3.98. The van der Waals surface area contributed by atoms with Gasteiger partial charge in [-0.3, -0.25) is 0 Å². The van der Waals surface area contributed by atoms with Crippen molar-refractivity contribution >= 4 is 21.6 Å². The molecule has 0 saturated carbocycles. The molecule has 0 spiro atoms. The van der Waals surface area contributed by atoms with Crippen molar-refractivity contribution in [1.29, 1.82) is 0 Å². The topological polar surface area (TPSA) is 42.2 Å². The van der Waals surface area contributed by atoms with Crippen LogP contribution in [0.5, 0.6) is 0 Å². The number of halogens is 1. The van der Waals surface area contributed by atoms with E-state index in [0.29, 0.717) is 0 Å². The number of rotatable bonds is 3. The third-order valence-electron chi connectivity index (χ3n) is 1.96. The lowest BCUT2D eigenvalue weighted by Crippen LogP contribution is -2.10. The van der Waals surface area contributed by atoms with Crippen LogP contribution in [0.25, 0.3) is 5.65 Å². The third-order valence-corrected chi connectivity index (χ3v) is 2.37. The molecular formula is C9H11BrN4. The van der Waals surface area contributed by atoms with Crippen molar-refractivity contribution in [2.45, 2.75) is 6.42 Å². The average Bonchev–Trinajstić information content (AvgIpc) is 2.56. The zero-order valence-electron chi connectivity index (χ0n) is 7.87. The monoisotopic (exact) mass is 254 g/mol. The van der Waals surface area contributed by atoms with Gasteiger partial charge >= 0.3 is 0 Å². The second kappa shape index (κ2) is 4.06. The highest BCUT2D eigenvalue weighted by Crippen LogP contribution is 2.10. The summed E-state index contributed by atoms with van der Waals surface area (Å²) in [5.41, 5.74) is 1.95. The zero-order valence-corrected chi connectivity index (χ0v) is 9.45. The first-order chi connectivity index (χ1) is 6.79. The molecule has 4 nitrogen and oxygen atoms in total. The van der Waals surface area contributed by atoms with E-state index in [1.807, 2.05) is 19.3 Å². The van der Waals surface area contributed by atoms with Crippen LogP contribution in [0.1, 0.15) is 5.69 Å². The van der Waals surface area contributed by atoms with Crippen molar-refractivity contribution in [2.75, 3.05) is 13.6 Å². The van der Waals surface area contributed by atoms with Gasteiger partial charge in [0.05, 0.1) is 10.2 Å². The van der Waals surface area contributed by atoms with E-state index in [0.717, 1.165) is 28.8 Å². The molecule has 0 aliphatic rings. The van der Waals surface area contributed by atoms with E-state index in [9.17, 15) is 0 Å². The van der Waals surface area contributed by atoms with Gasteiger partial charge in [0, 0.05) is 31.4 Å². The molecule has 1 N–H and O–H groups in total. The predicted molar refractivity (Wildman–Crippen MR) is 58.3 cm³/mol. The number of hydrogen-bond acceptors (Lipinski definition) is 3. The Labute approximate surface area is 90.5 Å². The van der Waals surface area contributed by atoms with Crippen molar-refractivity contribution in [3.05, 3.63) is 28.6 Å². The molecular weight excluding hydrogens is 244 g/mol. The quantitative estimate of drug-likeness (QED) is 0.897. The van der Waals surface area contributed by atoms with Crippen LogP contribution < -0.4 is 5.32 Å². The van der Waals surface area contributed by atoms with Gasteiger partial charge in [0.15, 0.2) is 5.65 Å². The lowest BCUT2D eigenvalue weighted by atomic mass is 10.3. The summed E-state index contributed by atoms with van der Waals surface area (Å²) in [5.74, 6) is 0. The maximum atomic E-state index is 4.40. The van der Waals surface area contributed by atoms with Crippen LogP contribution in [0.3, 0.4) is 0 Å². The summed E-state index contributed by atoms with van der Waals surface area (Å²) in [6.45, 7) is 0.936. The van der Waals surface area contributed by atoms with Gasteiger partial charge in [0.2, 0.25) is 0 Å². The molecule has 0 saturated heterocycles. The zero-order chi connectivity index (χ0) is 9.97. The highest BCUT2D eigenvalue weighted by atomic mass is 79.9. The van der Waals surface area contributed by atoms with Crippen LogP contribution in [-0.2, 0) is 6.42 Å². The van der Waals surface area contributed by atoms with Gasteiger partial charge in [-0.1, -0.05) is 0 Å². The molecule has 14 heavy (non-hydrogen) atoms. The Morgan fingerprint density at radius 2 is 2.43 bits per heavy atom. The van der Waals surface area contributed by atoms with Crippen molar-refractivity contribution in [1.82, 2.24) is 19.9 Å². The minimum Gasteiger partial charge on any atom is -0.319 e. The molecule has 0 aliphatic carbocycles. The van der Waals surface area contributed by atoms with Crippen LogP contribution in [0.15, 0.2) is 22.9 Å². The highest BCUT2D eigenvalue weighted by molar-refractivity contribution is 9.10. The Balaban J connectivity index is 2.32. The van der Waals surface area contributed by atoms with Gasteiger partial charge in [-0.2, -0.15) is 5.10 Å². The Morgan fingerprint density at radius 3 is 3.21 bits per heavy atom. The lowest BCUT2D eigenvalue weighted by molar-refractivity contribution is 0.763. The molecule has 2 aromatic rings. The Bertz CT molecular complexity index is 437. The van der Waals surface area contributed by atoms with Crippen LogP contribution in [-0.4, -0.2) is 28.2 Å². The number of hydrogen-bond donors (Lipinski definition) is 1. The smallest absolute Gasteiger partial charge is 0.155 e. The molecule has 2 heterocycles. The standard InChI is InChI=1S/C9H11BrN4/c1-11-3-2-8-4-9-12-5-7(10)6-14(9)13-8/h4-6,11H,2-3H2,1H3. The van der Waals surface area contributed by atoms with E-state index in [4.69, 9.17) is 0 Å². The van der Waals surface area contributed by atoms with Gasteiger partial charge < -0.3 is 5.32 Å². The molecule has 74 valence electrons. The average molecular weight is 255 g/mol. The first-order valence-corrected chi connectivity index (χ1v) is 5.23. The molecule has 0 radical (unpaired) electrons. The maximum Gasteiger partial charge on any atom is 0.155 e. The van der Waals surface area contributed by atoms with Gasteiger partial charge in [0.25, 0.3) is 0 Å². The molecule has 0 bridgehead atoms. The lowest BCUT2D eigenvalue weighted by Gasteiger charge is -1.93. The molecule has 0 fully saturated rings. The number of nitrogens with one attached hydrogen (secondary N) is 1. The summed E-state index contributed by atoms with van der Waals surface area (Å²) in [7, 11) is 1.94. The van der Waals surface area contributed by atoms with Crippen LogP contribution >= 0.6 is 15.9 Å². The number of fused-ring (bicyclic) bond motifs is 1. The van der Waals surface area contributed by atoms with Crippen LogP contribution in [0.4, 0.5) is 0 Å². The Hall–Kier alpha value is -0.940. The normalized spacial score (nSPS) is 11.0. The van der Waals surface area contributed by atoms with E-state index < -0.39 is 0 Å². The first kappa shape index (κ1) is 9.61. The van der Waals surface area contributed by atoms with Gasteiger partial charge in [-0.15, -0.1) is 0 Å². The fraction of sp³-hybridized carbons (Fsp3) is 0.333. The SMILES string of the molecule is CNCCc1cc2ncc(Br)cn2n1. The molecule has 5 heteroatoms. The van der Waals surface area contributed by atoms with Crippen LogP contribution in [0, 0.1) is 0 Å². The summed E-state index contributed by atoms with van der Waals surface area (Å²) >= 11 is 3.36. The second-order valence-electron chi connectivity index (χ2n) is 3.06. The molecule has 0 atom stereocenters. The summed E-state index contributed by atoms with van der Waals surface area (Å²) in [6.07, 6.45) is 4.61. The van der Waals surface area contributed by atoms with Crippen molar-refractivity contribution < 1.29 is 0 Å². The summed E-state index contributed by atoms with van der Waals surface area (Å²) in [5, 5.41) is 7.49. The molecule has 0 unspecified atom stereocenters. The predicted octanol–water partition coefficient (Wildman–Crippen LogP) is 1.25. The molecule has 0 aliphatic heterocycles. The molecule has 0 aromatic carbocycles. The maximum absolute atomic E-state index is 4.40. The minimum absolute atomic E-state index is 0.888. The van der Waals surface area contributed by atoms with Crippen molar-refractivity contribution in [3.8, 4) is 0 Å². The summed E-state index contributed by atoms with van der Waals surface area (Å²) in [6, 6.07) is 2.00. The van der Waals surface area contributed by atoms with E-state index in [-0.39, 0.29) is 0 Å². The fourth-order valence-corrected chi connectivity index (χ4v) is 1.57. The van der Waals surface area contributed by atoms with Crippen molar-refractivity contribution in [2.24, 2.45) is 0 Å². The van der Waals surface area contributed by atoms with E-state index >= 15 is 0 Å². The number of nitrogens with zero attached hydrogens (tertiary/aromatic N) is 3. The Morgan fingerprint density at radius 1 is 1.57 bits per heavy atom. The molecule has 2 rings (SSSR count). The van der Waals surface area contributed by atoms with Crippen molar-refractivity contribution in [3.63, 3.8) is 0 Å². The number of likely N-dealkylation sites (N-methyl/N-ethyl adjacent to an activating group) is 1. The highest BCUT2D eigenvalue weighted by Gasteiger charge is 2.01. The first-order valence-electron chi connectivity index (χ1n) is 4.44. The molecule has 0 amide bonds. The van der Waals surface area contributed by atoms with E-state index in [1.54, 1.807) is 10.7 Å². The third kappa shape index (κ3) is 1.93. The van der Waals surface area contributed by atoms with Crippen LogP contribution in [0.2, 0.25) is 0 Å². The van der Waals surface area contributed by atoms with E-state index in [1.165, 1.54) is 0 Å². The fourth-order valence-electron chi connectivity index (χ4n) is 1.28. The minimum atomic E-state index is 0.888. The van der Waals surface area contributed by atoms with E-state index in [2.05, 4.69) is 31.3 Å². The van der Waals surface area contributed by atoms with Gasteiger partial charge in [0.1, 0.15) is 0 Å². The van der Waals surface area contributed by atoms with Gasteiger partial charge in [-0.25, -0.2) is 9.50 Å².